The first-order chi connectivity index (χ1) is 12.0. The Morgan fingerprint density at radius 3 is 2.23 bits per heavy atom. The highest BCUT2D eigenvalue weighted by molar-refractivity contribution is 14.0. The van der Waals surface area contributed by atoms with Crippen LogP contribution in [0.1, 0.15) is 58.3 Å². The summed E-state index contributed by atoms with van der Waals surface area (Å²) in [6.45, 7) is 5.42. The van der Waals surface area contributed by atoms with E-state index in [9.17, 15) is 8.42 Å². The Hall–Kier alpha value is -0.0900. The minimum atomic E-state index is -2.94. The van der Waals surface area contributed by atoms with Gasteiger partial charge in [0, 0.05) is 31.4 Å². The lowest BCUT2D eigenvalue weighted by molar-refractivity contribution is 0.0368. The fraction of sp³-hybridized carbons (Fsp3) is 0.944. The maximum atomic E-state index is 11.6. The second-order valence-electron chi connectivity index (χ2n) is 7.42. The van der Waals surface area contributed by atoms with E-state index in [0.717, 1.165) is 6.54 Å². The molecule has 1 saturated heterocycles. The van der Waals surface area contributed by atoms with E-state index in [0.29, 0.717) is 12.5 Å². The van der Waals surface area contributed by atoms with Crippen LogP contribution in [0, 0.1) is 0 Å². The van der Waals surface area contributed by atoms with Crippen molar-refractivity contribution < 1.29 is 8.42 Å². The number of aliphatic imine (C=N–C) groups is 1. The number of rotatable bonds is 7. The molecule has 1 saturated carbocycles. The van der Waals surface area contributed by atoms with Gasteiger partial charge in [-0.15, -0.1) is 24.0 Å². The van der Waals surface area contributed by atoms with Crippen LogP contribution in [0.4, 0.5) is 0 Å². The number of hydrogen-bond acceptors (Lipinski definition) is 4. The summed E-state index contributed by atoms with van der Waals surface area (Å²) in [5, 5.41) is 6.64. The number of likely N-dealkylation sites (tertiary alicyclic amines) is 1. The second-order valence-corrected chi connectivity index (χ2v) is 9.89. The molecule has 0 bridgehead atoms. The molecule has 2 fully saturated rings. The zero-order valence-corrected chi connectivity index (χ0v) is 19.6. The number of guanidine groups is 1. The molecular formula is C18H37IN4O2S. The summed E-state index contributed by atoms with van der Waals surface area (Å²) < 4.78 is 23.2. The number of halogens is 1. The lowest BCUT2D eigenvalue weighted by Gasteiger charge is -2.48. The molecule has 0 aromatic rings. The average Bonchev–Trinajstić information content (AvgIpc) is 2.66. The van der Waals surface area contributed by atoms with Crippen molar-refractivity contribution in [3.63, 3.8) is 0 Å². The Bertz CT molecular complexity index is 527. The SMILES string of the molecule is CCS(=O)(=O)CCNC(=NC)NCC1(N2CCCCC2)CCCCC1.I. The average molecular weight is 500 g/mol. The molecule has 2 rings (SSSR count). The van der Waals surface area contributed by atoms with Crippen molar-refractivity contribution in [2.24, 2.45) is 4.99 Å². The lowest BCUT2D eigenvalue weighted by atomic mass is 9.79. The van der Waals surface area contributed by atoms with Gasteiger partial charge < -0.3 is 10.6 Å². The molecule has 6 nitrogen and oxygen atoms in total. The molecule has 0 radical (unpaired) electrons. The molecular weight excluding hydrogens is 463 g/mol. The zero-order valence-electron chi connectivity index (χ0n) is 16.4. The number of hydrogen-bond donors (Lipinski definition) is 2. The van der Waals surface area contributed by atoms with Gasteiger partial charge in [-0.05, 0) is 38.8 Å². The van der Waals surface area contributed by atoms with Crippen molar-refractivity contribution in [3.8, 4) is 0 Å². The summed E-state index contributed by atoms with van der Waals surface area (Å²) >= 11 is 0. The smallest absolute Gasteiger partial charge is 0.191 e. The van der Waals surface area contributed by atoms with Gasteiger partial charge in [0.1, 0.15) is 0 Å². The molecule has 1 heterocycles. The largest absolute Gasteiger partial charge is 0.355 e. The summed E-state index contributed by atoms with van der Waals surface area (Å²) in [4.78, 5) is 6.98. The maximum absolute atomic E-state index is 11.6. The third-order valence-corrected chi connectivity index (χ3v) is 7.47. The molecule has 2 aliphatic rings. The Morgan fingerprint density at radius 1 is 1.04 bits per heavy atom. The highest BCUT2D eigenvalue weighted by Gasteiger charge is 2.38. The molecule has 0 aromatic heterocycles. The van der Waals surface area contributed by atoms with Crippen LogP contribution in [0.25, 0.3) is 0 Å². The zero-order chi connectivity index (χ0) is 18.2. The van der Waals surface area contributed by atoms with Gasteiger partial charge in [-0.2, -0.15) is 0 Å². The molecule has 8 heteroatoms. The van der Waals surface area contributed by atoms with Crippen LogP contribution in [0.3, 0.4) is 0 Å². The standard InChI is InChI=1S/C18H36N4O2S.HI/c1-3-25(23,24)15-12-20-17(19-2)21-16-18(10-6-4-7-11-18)22-13-8-5-9-14-22;/h3-16H2,1-2H3,(H2,19,20,21);1H. The Balaban J connectivity index is 0.00000338. The van der Waals surface area contributed by atoms with Crippen molar-refractivity contribution in [1.82, 2.24) is 15.5 Å². The summed E-state index contributed by atoms with van der Waals surface area (Å²) in [5.41, 5.74) is 0.242. The summed E-state index contributed by atoms with van der Waals surface area (Å²) in [5.74, 6) is 1.06. The van der Waals surface area contributed by atoms with Crippen molar-refractivity contribution >= 4 is 39.8 Å². The van der Waals surface area contributed by atoms with Gasteiger partial charge in [0.2, 0.25) is 0 Å². The van der Waals surface area contributed by atoms with E-state index in [1.165, 1.54) is 64.5 Å². The topological polar surface area (TPSA) is 73.8 Å². The normalized spacial score (nSPS) is 21.7. The van der Waals surface area contributed by atoms with Crippen LogP contribution >= 0.6 is 24.0 Å². The first-order valence-electron chi connectivity index (χ1n) is 9.91. The van der Waals surface area contributed by atoms with Gasteiger partial charge in [-0.3, -0.25) is 9.89 Å². The van der Waals surface area contributed by atoms with Crippen LogP contribution < -0.4 is 10.6 Å². The van der Waals surface area contributed by atoms with Gasteiger partial charge in [0.25, 0.3) is 0 Å². The molecule has 26 heavy (non-hydrogen) atoms. The van der Waals surface area contributed by atoms with Crippen molar-refractivity contribution in [2.45, 2.75) is 63.8 Å². The van der Waals surface area contributed by atoms with E-state index >= 15 is 0 Å². The predicted molar refractivity (Wildman–Crippen MR) is 120 cm³/mol. The van der Waals surface area contributed by atoms with Crippen LogP contribution in [-0.2, 0) is 9.84 Å². The maximum Gasteiger partial charge on any atom is 0.191 e. The summed E-state index contributed by atoms with van der Waals surface area (Å²) in [6.07, 6.45) is 10.4. The van der Waals surface area contributed by atoms with E-state index in [2.05, 4.69) is 20.5 Å². The minimum absolute atomic E-state index is 0. The first kappa shape index (κ1) is 23.9. The van der Waals surface area contributed by atoms with Gasteiger partial charge in [-0.1, -0.05) is 32.6 Å². The Morgan fingerprint density at radius 2 is 1.65 bits per heavy atom. The van der Waals surface area contributed by atoms with E-state index in [-0.39, 0.29) is 41.0 Å². The number of sulfone groups is 1. The van der Waals surface area contributed by atoms with Gasteiger partial charge in [0.05, 0.1) is 5.75 Å². The molecule has 0 unspecified atom stereocenters. The summed E-state index contributed by atoms with van der Waals surface area (Å²) in [7, 11) is -1.19. The monoisotopic (exact) mass is 500 g/mol. The van der Waals surface area contributed by atoms with E-state index in [1.807, 2.05) is 0 Å². The first-order valence-corrected chi connectivity index (χ1v) is 11.7. The van der Waals surface area contributed by atoms with Crippen molar-refractivity contribution in [1.29, 1.82) is 0 Å². The quantitative estimate of drug-likeness (QED) is 0.319. The van der Waals surface area contributed by atoms with Gasteiger partial charge >= 0.3 is 0 Å². The van der Waals surface area contributed by atoms with Crippen molar-refractivity contribution in [2.75, 3.05) is 44.7 Å². The third kappa shape index (κ3) is 7.14. The van der Waals surface area contributed by atoms with Crippen LogP contribution in [0.2, 0.25) is 0 Å². The minimum Gasteiger partial charge on any atom is -0.355 e. The number of nitrogens with zero attached hydrogens (tertiary/aromatic N) is 2. The van der Waals surface area contributed by atoms with Crippen molar-refractivity contribution in [3.05, 3.63) is 0 Å². The molecule has 0 atom stereocenters. The molecule has 2 N–H and O–H groups in total. The van der Waals surface area contributed by atoms with E-state index in [1.54, 1.807) is 14.0 Å². The van der Waals surface area contributed by atoms with Crippen LogP contribution in [-0.4, -0.2) is 69.5 Å². The highest BCUT2D eigenvalue weighted by Crippen LogP contribution is 2.35. The van der Waals surface area contributed by atoms with E-state index < -0.39 is 9.84 Å². The fourth-order valence-corrected chi connectivity index (χ4v) is 4.82. The molecule has 0 aromatic carbocycles. The molecule has 154 valence electrons. The molecule has 1 aliphatic carbocycles. The lowest BCUT2D eigenvalue weighted by Crippen LogP contribution is -2.59. The Kier molecular flexibility index (Phi) is 10.8. The predicted octanol–water partition coefficient (Wildman–Crippen LogP) is 2.39. The third-order valence-electron chi connectivity index (χ3n) is 5.76. The Labute approximate surface area is 176 Å². The van der Waals surface area contributed by atoms with Gasteiger partial charge in [0.15, 0.2) is 15.8 Å². The number of nitrogens with one attached hydrogen (secondary N) is 2. The highest BCUT2D eigenvalue weighted by atomic mass is 127. The second kappa shape index (κ2) is 11.7. The fourth-order valence-electron chi connectivity index (χ4n) is 4.12. The molecule has 1 aliphatic heterocycles. The summed E-state index contributed by atoms with van der Waals surface area (Å²) in [6, 6.07) is 0. The van der Waals surface area contributed by atoms with Crippen LogP contribution in [0.5, 0.6) is 0 Å². The number of piperidine rings is 1. The van der Waals surface area contributed by atoms with Gasteiger partial charge in [-0.25, -0.2) is 8.42 Å². The molecule has 0 amide bonds. The van der Waals surface area contributed by atoms with E-state index in [4.69, 9.17) is 0 Å². The molecule has 0 spiro atoms. The van der Waals surface area contributed by atoms with Crippen LogP contribution in [0.15, 0.2) is 4.99 Å².